The second kappa shape index (κ2) is 3.51. The Bertz CT molecular complexity index is 464. The number of allylic oxidation sites excluding steroid dienone is 1. The third-order valence-electron chi connectivity index (χ3n) is 2.57. The molecule has 3 N–H and O–H groups in total. The lowest BCUT2D eigenvalue weighted by molar-refractivity contribution is 0.209. The predicted octanol–water partition coefficient (Wildman–Crippen LogP) is -0.00418. The highest BCUT2D eigenvalue weighted by Gasteiger charge is 2.19. The van der Waals surface area contributed by atoms with Crippen LogP contribution >= 0.6 is 0 Å². The fraction of sp³-hybridized carbons (Fsp3) is 0.400. The number of aliphatic hydroxyl groups excluding tert-OH is 1. The van der Waals surface area contributed by atoms with Crippen molar-refractivity contribution in [1.29, 1.82) is 0 Å². The molecule has 0 radical (unpaired) electrons. The fourth-order valence-electron chi connectivity index (χ4n) is 1.68. The maximum absolute atomic E-state index is 11.5. The summed E-state index contributed by atoms with van der Waals surface area (Å²) in [5.74, 6) is 0.263. The highest BCUT2D eigenvalue weighted by Crippen LogP contribution is 2.21. The second-order valence-electron chi connectivity index (χ2n) is 3.75. The molecule has 1 aromatic heterocycles. The van der Waals surface area contributed by atoms with Gasteiger partial charge in [0.05, 0.1) is 12.1 Å². The number of rotatable bonds is 1. The summed E-state index contributed by atoms with van der Waals surface area (Å²) in [6.07, 6.45) is 5.22. The van der Waals surface area contributed by atoms with E-state index >= 15 is 0 Å². The quantitative estimate of drug-likeness (QED) is 0.635. The molecular formula is C10H13N3O2. The Morgan fingerprint density at radius 3 is 2.93 bits per heavy atom. The summed E-state index contributed by atoms with van der Waals surface area (Å²) < 4.78 is 1.50. The SMILES string of the molecule is Cc1cn(C2C=CC(O)C2)c(=O)nc1N. The van der Waals surface area contributed by atoms with Crippen molar-refractivity contribution in [3.8, 4) is 0 Å². The summed E-state index contributed by atoms with van der Waals surface area (Å²) >= 11 is 0. The van der Waals surface area contributed by atoms with Crippen LogP contribution in [0.1, 0.15) is 18.0 Å². The van der Waals surface area contributed by atoms with Crippen molar-refractivity contribution in [3.63, 3.8) is 0 Å². The zero-order valence-corrected chi connectivity index (χ0v) is 8.42. The topological polar surface area (TPSA) is 81.1 Å². The predicted molar refractivity (Wildman–Crippen MR) is 56.4 cm³/mol. The van der Waals surface area contributed by atoms with Crippen LogP contribution in [0.5, 0.6) is 0 Å². The van der Waals surface area contributed by atoms with Crippen molar-refractivity contribution in [3.05, 3.63) is 34.4 Å². The first-order valence-electron chi connectivity index (χ1n) is 4.79. The van der Waals surface area contributed by atoms with Gasteiger partial charge in [0.1, 0.15) is 5.82 Å². The molecule has 1 heterocycles. The molecule has 80 valence electrons. The van der Waals surface area contributed by atoms with Crippen LogP contribution in [-0.4, -0.2) is 20.8 Å². The fourth-order valence-corrected chi connectivity index (χ4v) is 1.68. The van der Waals surface area contributed by atoms with Gasteiger partial charge in [0.15, 0.2) is 0 Å². The number of aromatic nitrogens is 2. The van der Waals surface area contributed by atoms with Crippen LogP contribution < -0.4 is 11.4 Å². The van der Waals surface area contributed by atoms with E-state index in [9.17, 15) is 9.90 Å². The first-order chi connectivity index (χ1) is 7.08. The van der Waals surface area contributed by atoms with E-state index in [1.54, 1.807) is 19.2 Å². The zero-order chi connectivity index (χ0) is 11.0. The average molecular weight is 207 g/mol. The lowest BCUT2D eigenvalue weighted by Crippen LogP contribution is -2.27. The summed E-state index contributed by atoms with van der Waals surface area (Å²) in [5, 5.41) is 9.33. The van der Waals surface area contributed by atoms with E-state index in [2.05, 4.69) is 4.98 Å². The Labute approximate surface area is 86.9 Å². The molecule has 0 aromatic carbocycles. The van der Waals surface area contributed by atoms with Gasteiger partial charge in [-0.25, -0.2) is 4.79 Å². The molecule has 0 bridgehead atoms. The van der Waals surface area contributed by atoms with Crippen molar-refractivity contribution < 1.29 is 5.11 Å². The Kier molecular flexibility index (Phi) is 2.32. The summed E-state index contributed by atoms with van der Waals surface area (Å²) in [5.41, 5.74) is 5.92. The Balaban J connectivity index is 2.41. The van der Waals surface area contributed by atoms with E-state index in [-0.39, 0.29) is 17.5 Å². The maximum Gasteiger partial charge on any atom is 0.350 e. The molecule has 1 aromatic rings. The number of nitrogens with zero attached hydrogens (tertiary/aromatic N) is 2. The van der Waals surface area contributed by atoms with Crippen LogP contribution in [0.25, 0.3) is 0 Å². The van der Waals surface area contributed by atoms with Crippen molar-refractivity contribution >= 4 is 5.82 Å². The minimum absolute atomic E-state index is 0.112. The number of anilines is 1. The van der Waals surface area contributed by atoms with Crippen molar-refractivity contribution in [2.45, 2.75) is 25.5 Å². The number of aliphatic hydroxyl groups is 1. The van der Waals surface area contributed by atoms with Gasteiger partial charge in [0.2, 0.25) is 0 Å². The van der Waals surface area contributed by atoms with Crippen LogP contribution in [-0.2, 0) is 0 Å². The summed E-state index contributed by atoms with van der Waals surface area (Å²) in [6.45, 7) is 1.80. The van der Waals surface area contributed by atoms with Gasteiger partial charge in [-0.05, 0) is 6.92 Å². The molecule has 5 heteroatoms. The van der Waals surface area contributed by atoms with Gasteiger partial charge in [-0.2, -0.15) is 4.98 Å². The van der Waals surface area contributed by atoms with Gasteiger partial charge in [-0.1, -0.05) is 12.2 Å². The van der Waals surface area contributed by atoms with E-state index in [4.69, 9.17) is 5.73 Å². The van der Waals surface area contributed by atoms with Crippen LogP contribution in [0.4, 0.5) is 5.82 Å². The first kappa shape index (κ1) is 9.92. The summed E-state index contributed by atoms with van der Waals surface area (Å²) in [7, 11) is 0. The van der Waals surface area contributed by atoms with Gasteiger partial charge in [0, 0.05) is 18.2 Å². The zero-order valence-electron chi connectivity index (χ0n) is 8.42. The molecular weight excluding hydrogens is 194 g/mol. The van der Waals surface area contributed by atoms with Crippen molar-refractivity contribution in [2.24, 2.45) is 0 Å². The maximum atomic E-state index is 11.5. The normalized spacial score (nSPS) is 24.7. The Hall–Kier alpha value is -1.62. The highest BCUT2D eigenvalue weighted by molar-refractivity contribution is 5.35. The Morgan fingerprint density at radius 2 is 2.33 bits per heavy atom. The van der Waals surface area contributed by atoms with E-state index in [1.165, 1.54) is 4.57 Å². The molecule has 0 aliphatic heterocycles. The Morgan fingerprint density at radius 1 is 1.60 bits per heavy atom. The molecule has 0 amide bonds. The number of hydrogen-bond acceptors (Lipinski definition) is 4. The lowest BCUT2D eigenvalue weighted by atomic mass is 10.2. The lowest BCUT2D eigenvalue weighted by Gasteiger charge is -2.13. The van der Waals surface area contributed by atoms with Gasteiger partial charge in [0.25, 0.3) is 0 Å². The first-order valence-corrected chi connectivity index (χ1v) is 4.79. The average Bonchev–Trinajstić information content (AvgIpc) is 2.58. The standard InChI is InChI=1S/C10H13N3O2/c1-6-5-13(10(15)12-9(6)11)7-2-3-8(14)4-7/h2-3,5,7-8,14H,4H2,1H3,(H2,11,12,15). The monoisotopic (exact) mass is 207 g/mol. The van der Waals surface area contributed by atoms with Gasteiger partial charge >= 0.3 is 5.69 Å². The van der Waals surface area contributed by atoms with Crippen LogP contribution in [0.2, 0.25) is 0 Å². The molecule has 0 saturated heterocycles. The third-order valence-corrected chi connectivity index (χ3v) is 2.57. The molecule has 1 aliphatic rings. The molecule has 2 unspecified atom stereocenters. The third kappa shape index (κ3) is 1.78. The molecule has 2 rings (SSSR count). The van der Waals surface area contributed by atoms with Crippen LogP contribution in [0, 0.1) is 6.92 Å². The van der Waals surface area contributed by atoms with E-state index in [0.29, 0.717) is 6.42 Å². The molecule has 1 aliphatic carbocycles. The minimum Gasteiger partial charge on any atom is -0.389 e. The smallest absolute Gasteiger partial charge is 0.350 e. The largest absolute Gasteiger partial charge is 0.389 e. The molecule has 15 heavy (non-hydrogen) atoms. The van der Waals surface area contributed by atoms with E-state index in [1.807, 2.05) is 6.08 Å². The van der Waals surface area contributed by atoms with Gasteiger partial charge in [-0.3, -0.25) is 4.57 Å². The number of nitrogen functional groups attached to an aromatic ring is 1. The second-order valence-corrected chi connectivity index (χ2v) is 3.75. The number of hydrogen-bond donors (Lipinski definition) is 2. The van der Waals surface area contributed by atoms with Crippen molar-refractivity contribution in [1.82, 2.24) is 9.55 Å². The molecule has 2 atom stereocenters. The van der Waals surface area contributed by atoms with Gasteiger partial charge < -0.3 is 10.8 Å². The molecule has 0 fully saturated rings. The number of nitrogens with two attached hydrogens (primary N) is 1. The molecule has 0 saturated carbocycles. The molecule has 5 nitrogen and oxygen atoms in total. The van der Waals surface area contributed by atoms with Gasteiger partial charge in [-0.15, -0.1) is 0 Å². The van der Waals surface area contributed by atoms with Crippen LogP contribution in [0.15, 0.2) is 23.1 Å². The number of aryl methyl sites for hydroxylation is 1. The summed E-state index contributed by atoms with van der Waals surface area (Å²) in [4.78, 5) is 15.3. The van der Waals surface area contributed by atoms with E-state index < -0.39 is 6.10 Å². The van der Waals surface area contributed by atoms with E-state index in [0.717, 1.165) is 5.56 Å². The summed E-state index contributed by atoms with van der Waals surface area (Å²) in [6, 6.07) is -0.112. The highest BCUT2D eigenvalue weighted by atomic mass is 16.3. The van der Waals surface area contributed by atoms with Crippen LogP contribution in [0.3, 0.4) is 0 Å². The molecule has 0 spiro atoms. The van der Waals surface area contributed by atoms with Crippen molar-refractivity contribution in [2.75, 3.05) is 5.73 Å². The minimum atomic E-state index is -0.472.